The molecule has 2 N–H and O–H groups in total. The molecule has 0 unspecified atom stereocenters. The molecule has 3 amide bonds. The number of urea groups is 1. The molecule has 2 bridgehead atoms. The molecule has 2 saturated carbocycles. The first-order valence-electron chi connectivity index (χ1n) is 8.82. The molecule has 2 fully saturated rings. The van der Waals surface area contributed by atoms with Gasteiger partial charge in [0.1, 0.15) is 0 Å². The van der Waals surface area contributed by atoms with Crippen molar-refractivity contribution in [2.24, 2.45) is 11.8 Å². The number of carbonyl (C=O) groups excluding carboxylic acids is 2. The van der Waals surface area contributed by atoms with Crippen LogP contribution in [0.2, 0.25) is 0 Å². The average molecular weight is 333 g/mol. The summed E-state index contributed by atoms with van der Waals surface area (Å²) in [4.78, 5) is 25.2. The molecule has 2 aliphatic rings. The number of amides is 3. The molecule has 132 valence electrons. The van der Waals surface area contributed by atoms with Crippen LogP contribution in [0, 0.1) is 11.8 Å². The Hall–Kier alpha value is -2.05. The molecule has 0 aliphatic heterocycles. The fourth-order valence-corrected chi connectivity index (χ4v) is 3.91. The maximum Gasteiger partial charge on any atom is 0.320 e. The second kappa shape index (κ2) is 7.23. The van der Waals surface area contributed by atoms with E-state index >= 15 is 0 Å². The molecule has 7 nitrogen and oxygen atoms in total. The Kier molecular flexibility index (Phi) is 5.06. The van der Waals surface area contributed by atoms with Crippen molar-refractivity contribution in [3.8, 4) is 0 Å². The Labute approximate surface area is 142 Å². The molecule has 1 aromatic rings. The second-order valence-corrected chi connectivity index (χ2v) is 7.24. The summed E-state index contributed by atoms with van der Waals surface area (Å²) in [6.45, 7) is 0.662. The van der Waals surface area contributed by atoms with Crippen LogP contribution in [-0.2, 0) is 11.3 Å². The van der Waals surface area contributed by atoms with Gasteiger partial charge < -0.3 is 10.2 Å². The molecule has 2 aliphatic carbocycles. The van der Waals surface area contributed by atoms with Crippen molar-refractivity contribution >= 4 is 17.8 Å². The van der Waals surface area contributed by atoms with E-state index in [-0.39, 0.29) is 11.9 Å². The summed E-state index contributed by atoms with van der Waals surface area (Å²) < 4.78 is 1.76. The molecule has 0 radical (unpaired) electrons. The van der Waals surface area contributed by atoms with Crippen LogP contribution in [-0.4, -0.2) is 46.8 Å². The standard InChI is InChI=1S/C17H27N5O2/c1-21(2)16(23)4-3-8-22-9-7-15(20-22)19-17(24)18-14-11-12-5-6-13(14)10-12/h7,9,12-14H,3-6,8,10-11H2,1-2H3,(H2,18,19,20,24)/t12-,13-,14-/m0/s1. The van der Waals surface area contributed by atoms with Crippen LogP contribution in [0.4, 0.5) is 10.6 Å². The number of hydrogen-bond acceptors (Lipinski definition) is 3. The molecular weight excluding hydrogens is 306 g/mol. The summed E-state index contributed by atoms with van der Waals surface area (Å²) in [7, 11) is 3.51. The van der Waals surface area contributed by atoms with Crippen molar-refractivity contribution in [3.63, 3.8) is 0 Å². The fraction of sp³-hybridized carbons (Fsp3) is 0.706. The zero-order valence-electron chi connectivity index (χ0n) is 14.5. The number of anilines is 1. The van der Waals surface area contributed by atoms with Gasteiger partial charge in [-0.25, -0.2) is 4.79 Å². The van der Waals surface area contributed by atoms with Crippen LogP contribution in [0.25, 0.3) is 0 Å². The molecule has 24 heavy (non-hydrogen) atoms. The predicted octanol–water partition coefficient (Wildman–Crippen LogP) is 2.06. The maximum atomic E-state index is 12.1. The average Bonchev–Trinajstić information content (AvgIpc) is 3.24. The van der Waals surface area contributed by atoms with Gasteiger partial charge in [0.25, 0.3) is 0 Å². The summed E-state index contributed by atoms with van der Waals surface area (Å²) in [5.74, 6) is 2.14. The van der Waals surface area contributed by atoms with Gasteiger partial charge in [-0.3, -0.25) is 14.8 Å². The molecule has 0 saturated heterocycles. The van der Waals surface area contributed by atoms with E-state index in [9.17, 15) is 9.59 Å². The van der Waals surface area contributed by atoms with E-state index in [1.54, 1.807) is 29.7 Å². The fourth-order valence-electron chi connectivity index (χ4n) is 3.91. The first-order chi connectivity index (χ1) is 11.5. The van der Waals surface area contributed by atoms with Crippen LogP contribution >= 0.6 is 0 Å². The molecule has 1 heterocycles. The quantitative estimate of drug-likeness (QED) is 0.836. The van der Waals surface area contributed by atoms with Gasteiger partial charge >= 0.3 is 6.03 Å². The van der Waals surface area contributed by atoms with Crippen molar-refractivity contribution in [1.29, 1.82) is 0 Å². The van der Waals surface area contributed by atoms with Gasteiger partial charge in [-0.05, 0) is 37.5 Å². The summed E-state index contributed by atoms with van der Waals surface area (Å²) >= 11 is 0. The number of aromatic nitrogens is 2. The summed E-state index contributed by atoms with van der Waals surface area (Å²) in [5.41, 5.74) is 0. The van der Waals surface area contributed by atoms with Gasteiger partial charge in [0.2, 0.25) is 5.91 Å². The highest BCUT2D eigenvalue weighted by Crippen LogP contribution is 2.44. The smallest absolute Gasteiger partial charge is 0.320 e. The van der Waals surface area contributed by atoms with Crippen LogP contribution in [0.3, 0.4) is 0 Å². The summed E-state index contributed by atoms with van der Waals surface area (Å²) in [6, 6.07) is 1.94. The maximum absolute atomic E-state index is 12.1. The number of hydrogen-bond donors (Lipinski definition) is 2. The Morgan fingerprint density at radius 1 is 1.33 bits per heavy atom. The zero-order chi connectivity index (χ0) is 17.1. The lowest BCUT2D eigenvalue weighted by atomic mass is 9.95. The van der Waals surface area contributed by atoms with Gasteiger partial charge in [-0.1, -0.05) is 6.42 Å². The Morgan fingerprint density at radius 3 is 2.83 bits per heavy atom. The lowest BCUT2D eigenvalue weighted by molar-refractivity contribution is -0.128. The molecule has 3 rings (SSSR count). The SMILES string of the molecule is CN(C)C(=O)CCCn1ccc(NC(=O)N[C@H]2C[C@H]3CC[C@H]2C3)n1. The van der Waals surface area contributed by atoms with E-state index in [1.807, 2.05) is 6.20 Å². The Morgan fingerprint density at radius 2 is 2.17 bits per heavy atom. The van der Waals surface area contributed by atoms with Crippen molar-refractivity contribution in [2.75, 3.05) is 19.4 Å². The minimum Gasteiger partial charge on any atom is -0.349 e. The van der Waals surface area contributed by atoms with Crippen LogP contribution < -0.4 is 10.6 Å². The highest BCUT2D eigenvalue weighted by molar-refractivity contribution is 5.88. The third-order valence-corrected chi connectivity index (χ3v) is 5.21. The van der Waals surface area contributed by atoms with Crippen molar-refractivity contribution in [3.05, 3.63) is 12.3 Å². The Balaban J connectivity index is 1.40. The van der Waals surface area contributed by atoms with Gasteiger partial charge in [0.05, 0.1) is 0 Å². The van der Waals surface area contributed by atoms with Crippen molar-refractivity contribution in [1.82, 2.24) is 20.0 Å². The van der Waals surface area contributed by atoms with Crippen molar-refractivity contribution < 1.29 is 9.59 Å². The molecule has 0 spiro atoms. The topological polar surface area (TPSA) is 79.3 Å². The molecule has 0 aromatic carbocycles. The summed E-state index contributed by atoms with van der Waals surface area (Å²) in [5, 5.41) is 10.2. The number of aryl methyl sites for hydroxylation is 1. The highest BCUT2D eigenvalue weighted by atomic mass is 16.2. The summed E-state index contributed by atoms with van der Waals surface area (Å²) in [6.07, 6.45) is 8.02. The van der Waals surface area contributed by atoms with E-state index in [0.717, 1.165) is 18.8 Å². The largest absolute Gasteiger partial charge is 0.349 e. The lowest BCUT2D eigenvalue weighted by Crippen LogP contribution is -2.41. The highest BCUT2D eigenvalue weighted by Gasteiger charge is 2.40. The van der Waals surface area contributed by atoms with Gasteiger partial charge in [-0.2, -0.15) is 5.10 Å². The van der Waals surface area contributed by atoms with E-state index in [0.29, 0.717) is 30.7 Å². The number of rotatable bonds is 6. The molecular formula is C17H27N5O2. The number of carbonyl (C=O) groups is 2. The number of nitrogens with one attached hydrogen (secondary N) is 2. The van der Waals surface area contributed by atoms with E-state index in [4.69, 9.17) is 0 Å². The lowest BCUT2D eigenvalue weighted by Gasteiger charge is -2.22. The third-order valence-electron chi connectivity index (χ3n) is 5.21. The molecule has 7 heteroatoms. The van der Waals surface area contributed by atoms with Crippen molar-refractivity contribution in [2.45, 2.75) is 51.1 Å². The van der Waals surface area contributed by atoms with Crippen LogP contribution in [0.1, 0.15) is 38.5 Å². The first kappa shape index (κ1) is 16.8. The second-order valence-electron chi connectivity index (χ2n) is 7.24. The number of nitrogens with zero attached hydrogens (tertiary/aromatic N) is 3. The normalized spacial score (nSPS) is 24.8. The van der Waals surface area contributed by atoms with Crippen LogP contribution in [0.15, 0.2) is 12.3 Å². The minimum atomic E-state index is -0.166. The first-order valence-corrected chi connectivity index (χ1v) is 8.82. The third kappa shape index (κ3) is 4.07. The van der Waals surface area contributed by atoms with Gasteiger partial charge in [0, 0.05) is 45.4 Å². The predicted molar refractivity (Wildman–Crippen MR) is 91.5 cm³/mol. The molecule has 1 aromatic heterocycles. The monoisotopic (exact) mass is 333 g/mol. The van der Waals surface area contributed by atoms with E-state index in [1.165, 1.54) is 19.3 Å². The zero-order valence-corrected chi connectivity index (χ0v) is 14.5. The van der Waals surface area contributed by atoms with Gasteiger partial charge in [-0.15, -0.1) is 0 Å². The van der Waals surface area contributed by atoms with Gasteiger partial charge in [0.15, 0.2) is 5.82 Å². The molecule has 3 atom stereocenters. The van der Waals surface area contributed by atoms with E-state index in [2.05, 4.69) is 15.7 Å². The minimum absolute atomic E-state index is 0.116. The Bertz CT molecular complexity index is 598. The number of fused-ring (bicyclic) bond motifs is 2. The van der Waals surface area contributed by atoms with Crippen LogP contribution in [0.5, 0.6) is 0 Å². The van der Waals surface area contributed by atoms with E-state index < -0.39 is 0 Å².